The molecular formula is C28H30ClN3O2. The summed E-state index contributed by atoms with van der Waals surface area (Å²) in [7, 11) is 3.95. The number of carbonyl (C=O) groups excluding carboxylic acids is 2. The lowest BCUT2D eigenvalue weighted by molar-refractivity contribution is -0.120. The monoisotopic (exact) mass is 475 g/mol. The van der Waals surface area contributed by atoms with E-state index in [0.717, 1.165) is 22.6 Å². The zero-order valence-corrected chi connectivity index (χ0v) is 20.8. The van der Waals surface area contributed by atoms with Crippen LogP contribution in [0, 0.1) is 0 Å². The van der Waals surface area contributed by atoms with Crippen LogP contribution in [0.5, 0.6) is 0 Å². The lowest BCUT2D eigenvalue weighted by atomic mass is 9.84. The van der Waals surface area contributed by atoms with Crippen molar-refractivity contribution in [3.63, 3.8) is 0 Å². The zero-order valence-electron chi connectivity index (χ0n) is 20.0. The van der Waals surface area contributed by atoms with Gasteiger partial charge in [0.1, 0.15) is 0 Å². The fourth-order valence-electron chi connectivity index (χ4n) is 4.67. The van der Waals surface area contributed by atoms with Crippen LogP contribution in [-0.2, 0) is 4.79 Å². The number of para-hydroxylation sites is 1. The smallest absolute Gasteiger partial charge is 0.258 e. The highest BCUT2D eigenvalue weighted by molar-refractivity contribution is 6.30. The van der Waals surface area contributed by atoms with Crippen LogP contribution in [0.3, 0.4) is 0 Å². The SMILES string of the molecule is CCN(C(=O)[C@H]1C[C@H](C)N(C(=O)c2ccc(N(C)C)cc2)c2ccccc21)c1ccc(Cl)cc1. The van der Waals surface area contributed by atoms with Crippen molar-refractivity contribution in [1.82, 2.24) is 0 Å². The van der Waals surface area contributed by atoms with Gasteiger partial charge in [0.2, 0.25) is 5.91 Å². The Morgan fingerprint density at radius 3 is 2.18 bits per heavy atom. The first kappa shape index (κ1) is 23.8. The fraction of sp³-hybridized carbons (Fsp3) is 0.286. The molecule has 6 heteroatoms. The summed E-state index contributed by atoms with van der Waals surface area (Å²) in [4.78, 5) is 33.0. The van der Waals surface area contributed by atoms with E-state index < -0.39 is 0 Å². The van der Waals surface area contributed by atoms with Crippen LogP contribution in [0.15, 0.2) is 72.8 Å². The van der Waals surface area contributed by atoms with Crippen LogP contribution in [0.1, 0.15) is 42.1 Å². The van der Waals surface area contributed by atoms with Crippen molar-refractivity contribution in [1.29, 1.82) is 0 Å². The standard InChI is InChI=1S/C28H30ClN3O2/c1-5-31(23-16-12-21(29)13-17-23)28(34)25-18-19(2)32(26-9-7-6-8-24(25)26)27(33)20-10-14-22(15-11-20)30(3)4/h6-17,19,25H,5,18H2,1-4H3/t19-,25-/m0/s1. The number of carbonyl (C=O) groups is 2. The Balaban J connectivity index is 1.67. The predicted octanol–water partition coefficient (Wildman–Crippen LogP) is 5.98. The minimum Gasteiger partial charge on any atom is -0.378 e. The Hall–Kier alpha value is -3.31. The van der Waals surface area contributed by atoms with Gasteiger partial charge in [0, 0.05) is 54.3 Å². The van der Waals surface area contributed by atoms with E-state index in [2.05, 4.69) is 0 Å². The Labute approximate surface area is 206 Å². The average molecular weight is 476 g/mol. The molecule has 0 radical (unpaired) electrons. The number of benzene rings is 3. The number of hydrogen-bond acceptors (Lipinski definition) is 3. The third-order valence-electron chi connectivity index (χ3n) is 6.46. The molecule has 5 nitrogen and oxygen atoms in total. The largest absolute Gasteiger partial charge is 0.378 e. The lowest BCUT2D eigenvalue weighted by Gasteiger charge is -2.40. The summed E-state index contributed by atoms with van der Waals surface area (Å²) in [6.45, 7) is 4.53. The molecule has 4 rings (SSSR count). The predicted molar refractivity (Wildman–Crippen MR) is 140 cm³/mol. The van der Waals surface area contributed by atoms with Crippen LogP contribution < -0.4 is 14.7 Å². The third-order valence-corrected chi connectivity index (χ3v) is 6.71. The topological polar surface area (TPSA) is 43.9 Å². The molecule has 0 fully saturated rings. The molecule has 0 spiro atoms. The van der Waals surface area contributed by atoms with Gasteiger partial charge in [0.25, 0.3) is 5.91 Å². The second-order valence-corrected chi connectivity index (χ2v) is 9.31. The maximum atomic E-state index is 13.8. The summed E-state index contributed by atoms with van der Waals surface area (Å²) in [5.41, 5.74) is 4.18. The minimum atomic E-state index is -0.331. The quantitative estimate of drug-likeness (QED) is 0.455. The van der Waals surface area contributed by atoms with E-state index in [0.29, 0.717) is 23.6 Å². The Morgan fingerprint density at radius 1 is 0.941 bits per heavy atom. The molecule has 1 heterocycles. The number of fused-ring (bicyclic) bond motifs is 1. The van der Waals surface area contributed by atoms with Gasteiger partial charge in [-0.25, -0.2) is 0 Å². The highest BCUT2D eigenvalue weighted by Crippen LogP contribution is 2.40. The summed E-state index contributed by atoms with van der Waals surface area (Å²) >= 11 is 6.05. The molecule has 0 aromatic heterocycles. The summed E-state index contributed by atoms with van der Waals surface area (Å²) in [5, 5.41) is 0.636. The maximum Gasteiger partial charge on any atom is 0.258 e. The number of nitrogens with zero attached hydrogens (tertiary/aromatic N) is 3. The first-order valence-electron chi connectivity index (χ1n) is 11.6. The first-order chi connectivity index (χ1) is 16.3. The van der Waals surface area contributed by atoms with Crippen LogP contribution in [-0.4, -0.2) is 38.5 Å². The molecule has 3 aromatic carbocycles. The molecular weight excluding hydrogens is 446 g/mol. The van der Waals surface area contributed by atoms with E-state index in [1.54, 1.807) is 17.0 Å². The van der Waals surface area contributed by atoms with E-state index in [1.807, 2.05) is 98.4 Å². The molecule has 0 saturated carbocycles. The molecule has 0 N–H and O–H groups in total. The molecule has 34 heavy (non-hydrogen) atoms. The molecule has 0 aliphatic carbocycles. The average Bonchev–Trinajstić information content (AvgIpc) is 2.84. The number of hydrogen-bond donors (Lipinski definition) is 0. The fourth-order valence-corrected chi connectivity index (χ4v) is 4.80. The molecule has 1 aliphatic heterocycles. The van der Waals surface area contributed by atoms with Crippen molar-refractivity contribution in [2.45, 2.75) is 32.2 Å². The number of likely N-dealkylation sites (N-methyl/N-ethyl adjacent to an activating group) is 1. The van der Waals surface area contributed by atoms with Gasteiger partial charge in [-0.2, -0.15) is 0 Å². The Bertz CT molecular complexity index is 1180. The van der Waals surface area contributed by atoms with E-state index in [9.17, 15) is 9.59 Å². The number of amides is 2. The molecule has 0 bridgehead atoms. The molecule has 0 unspecified atom stereocenters. The van der Waals surface area contributed by atoms with Gasteiger partial charge >= 0.3 is 0 Å². The second-order valence-electron chi connectivity index (χ2n) is 8.87. The van der Waals surface area contributed by atoms with Gasteiger partial charge in [0.15, 0.2) is 0 Å². The van der Waals surface area contributed by atoms with Gasteiger partial charge in [-0.1, -0.05) is 29.8 Å². The van der Waals surface area contributed by atoms with E-state index in [-0.39, 0.29) is 23.8 Å². The van der Waals surface area contributed by atoms with Crippen molar-refractivity contribution in [3.8, 4) is 0 Å². The molecule has 3 aromatic rings. The summed E-state index contributed by atoms with van der Waals surface area (Å²) < 4.78 is 0. The Morgan fingerprint density at radius 2 is 1.56 bits per heavy atom. The van der Waals surface area contributed by atoms with Gasteiger partial charge in [-0.15, -0.1) is 0 Å². The first-order valence-corrected chi connectivity index (χ1v) is 12.0. The minimum absolute atomic E-state index is 0.0338. The highest BCUT2D eigenvalue weighted by atomic mass is 35.5. The van der Waals surface area contributed by atoms with Crippen molar-refractivity contribution in [2.24, 2.45) is 0 Å². The molecule has 2 atom stereocenters. The van der Waals surface area contributed by atoms with Crippen LogP contribution >= 0.6 is 11.6 Å². The lowest BCUT2D eigenvalue weighted by Crippen LogP contribution is -2.46. The summed E-state index contributed by atoms with van der Waals surface area (Å²) in [5.74, 6) is -0.352. The van der Waals surface area contributed by atoms with Gasteiger partial charge in [-0.05, 0) is 80.4 Å². The van der Waals surface area contributed by atoms with Crippen molar-refractivity contribution < 1.29 is 9.59 Å². The van der Waals surface area contributed by atoms with Crippen LogP contribution in [0.25, 0.3) is 0 Å². The van der Waals surface area contributed by atoms with Gasteiger partial charge in [0.05, 0.1) is 5.92 Å². The summed E-state index contributed by atoms with van der Waals surface area (Å²) in [6, 6.07) is 22.6. The van der Waals surface area contributed by atoms with E-state index in [4.69, 9.17) is 11.6 Å². The molecule has 176 valence electrons. The van der Waals surface area contributed by atoms with Crippen molar-refractivity contribution in [3.05, 3.63) is 88.9 Å². The normalized spacial score (nSPS) is 17.1. The van der Waals surface area contributed by atoms with Gasteiger partial charge in [-0.3, -0.25) is 9.59 Å². The van der Waals surface area contributed by atoms with E-state index >= 15 is 0 Å². The Kier molecular flexibility index (Phi) is 6.94. The number of anilines is 3. The molecule has 2 amide bonds. The summed E-state index contributed by atoms with van der Waals surface area (Å²) in [6.07, 6.45) is 0.557. The zero-order chi connectivity index (χ0) is 24.4. The van der Waals surface area contributed by atoms with E-state index in [1.165, 1.54) is 0 Å². The third kappa shape index (κ3) is 4.53. The van der Waals surface area contributed by atoms with Crippen LogP contribution in [0.2, 0.25) is 5.02 Å². The maximum absolute atomic E-state index is 13.8. The van der Waals surface area contributed by atoms with Gasteiger partial charge < -0.3 is 14.7 Å². The second kappa shape index (κ2) is 9.90. The highest BCUT2D eigenvalue weighted by Gasteiger charge is 2.38. The number of halogens is 1. The van der Waals surface area contributed by atoms with Crippen molar-refractivity contribution in [2.75, 3.05) is 35.3 Å². The van der Waals surface area contributed by atoms with Crippen LogP contribution in [0.4, 0.5) is 17.1 Å². The number of rotatable bonds is 5. The molecule has 1 aliphatic rings. The van der Waals surface area contributed by atoms with Crippen molar-refractivity contribution >= 4 is 40.5 Å². The molecule has 0 saturated heterocycles.